The second-order valence-electron chi connectivity index (χ2n) is 5.09. The highest BCUT2D eigenvalue weighted by molar-refractivity contribution is 5.84. The average Bonchev–Trinajstić information content (AvgIpc) is 2.81. The third-order valence-electron chi connectivity index (χ3n) is 3.59. The second kappa shape index (κ2) is 5.80. The lowest BCUT2D eigenvalue weighted by Crippen LogP contribution is -1.98. The van der Waals surface area contributed by atoms with E-state index < -0.39 is 0 Å². The Morgan fingerprint density at radius 3 is 2.14 bits per heavy atom. The fourth-order valence-electron chi connectivity index (χ4n) is 2.55. The number of hydrogen-bond donors (Lipinski definition) is 0. The molecule has 0 N–H and O–H groups in total. The van der Waals surface area contributed by atoms with Crippen LogP contribution in [0.5, 0.6) is 0 Å². The quantitative estimate of drug-likeness (QED) is 0.608. The van der Waals surface area contributed by atoms with Gasteiger partial charge >= 0.3 is 0 Å². The van der Waals surface area contributed by atoms with Crippen LogP contribution in [0.15, 0.2) is 71.7 Å². The highest BCUT2D eigenvalue weighted by atomic mass is 15.0. The highest BCUT2D eigenvalue weighted by Gasteiger charge is 2.08. The fourth-order valence-corrected chi connectivity index (χ4v) is 2.55. The number of hydrogen-bond acceptors (Lipinski definition) is 1. The molecule has 0 atom stereocenters. The molecule has 3 rings (SSSR count). The molecule has 0 aliphatic heterocycles. The molecule has 3 aromatic rings. The average molecular weight is 274 g/mol. The van der Waals surface area contributed by atoms with E-state index >= 15 is 0 Å². The molecule has 0 spiro atoms. The van der Waals surface area contributed by atoms with Gasteiger partial charge in [0, 0.05) is 28.9 Å². The molecular formula is C19H18N2. The molecule has 0 amide bonds. The predicted octanol–water partition coefficient (Wildman–Crippen LogP) is 4.84. The number of aromatic nitrogens is 1. The Morgan fingerprint density at radius 2 is 1.48 bits per heavy atom. The lowest BCUT2D eigenvalue weighted by Gasteiger charge is -2.08. The van der Waals surface area contributed by atoms with Crippen molar-refractivity contribution in [3.63, 3.8) is 0 Å². The van der Waals surface area contributed by atoms with Crippen molar-refractivity contribution >= 4 is 11.9 Å². The van der Waals surface area contributed by atoms with Crippen LogP contribution in [0.1, 0.15) is 17.0 Å². The maximum absolute atomic E-state index is 4.55. The van der Waals surface area contributed by atoms with Gasteiger partial charge < -0.3 is 4.57 Å². The molecular weight excluding hydrogens is 256 g/mol. The van der Waals surface area contributed by atoms with Gasteiger partial charge in [-0.25, -0.2) is 0 Å². The third-order valence-corrected chi connectivity index (χ3v) is 3.59. The SMILES string of the molecule is Cc1cc(C=Nc2ccccc2)c(C)n1-c1ccccc1. The van der Waals surface area contributed by atoms with Gasteiger partial charge in [0.2, 0.25) is 0 Å². The van der Waals surface area contributed by atoms with Gasteiger partial charge in [-0.15, -0.1) is 0 Å². The van der Waals surface area contributed by atoms with Crippen molar-refractivity contribution in [1.82, 2.24) is 4.57 Å². The number of benzene rings is 2. The van der Waals surface area contributed by atoms with E-state index in [1.54, 1.807) is 0 Å². The van der Waals surface area contributed by atoms with Crippen molar-refractivity contribution in [3.8, 4) is 5.69 Å². The van der Waals surface area contributed by atoms with E-state index in [1.165, 1.54) is 17.1 Å². The van der Waals surface area contributed by atoms with Gasteiger partial charge in [-0.05, 0) is 44.2 Å². The summed E-state index contributed by atoms with van der Waals surface area (Å²) in [7, 11) is 0. The Labute approximate surface area is 125 Å². The molecule has 1 heterocycles. The van der Waals surface area contributed by atoms with E-state index in [9.17, 15) is 0 Å². The molecule has 0 saturated heterocycles. The zero-order valence-electron chi connectivity index (χ0n) is 12.3. The van der Waals surface area contributed by atoms with Crippen LogP contribution in [-0.2, 0) is 0 Å². The Balaban J connectivity index is 1.97. The number of rotatable bonds is 3. The standard InChI is InChI=1S/C19H18N2/c1-15-13-17(14-20-18-9-5-3-6-10-18)16(2)21(15)19-11-7-4-8-12-19/h3-14H,1-2H3. The van der Waals surface area contributed by atoms with Crippen molar-refractivity contribution in [1.29, 1.82) is 0 Å². The maximum Gasteiger partial charge on any atom is 0.0629 e. The molecule has 0 bridgehead atoms. The molecule has 21 heavy (non-hydrogen) atoms. The molecule has 0 radical (unpaired) electrons. The first-order valence-electron chi connectivity index (χ1n) is 7.09. The molecule has 0 aliphatic carbocycles. The maximum atomic E-state index is 4.55. The van der Waals surface area contributed by atoms with Crippen molar-refractivity contribution in [2.45, 2.75) is 13.8 Å². The summed E-state index contributed by atoms with van der Waals surface area (Å²) in [6, 6.07) is 22.6. The Bertz CT molecular complexity index is 753. The third kappa shape index (κ3) is 2.79. The van der Waals surface area contributed by atoms with Crippen molar-refractivity contribution in [3.05, 3.63) is 83.7 Å². The van der Waals surface area contributed by atoms with Gasteiger partial charge in [0.05, 0.1) is 5.69 Å². The van der Waals surface area contributed by atoms with Gasteiger partial charge in [0.1, 0.15) is 0 Å². The van der Waals surface area contributed by atoms with Crippen LogP contribution in [0.3, 0.4) is 0 Å². The molecule has 0 aliphatic rings. The molecule has 2 nitrogen and oxygen atoms in total. The minimum Gasteiger partial charge on any atom is -0.318 e. The van der Waals surface area contributed by atoms with Crippen molar-refractivity contribution < 1.29 is 0 Å². The van der Waals surface area contributed by atoms with Crippen LogP contribution in [0.4, 0.5) is 5.69 Å². The summed E-state index contributed by atoms with van der Waals surface area (Å²) in [6.45, 7) is 4.26. The molecule has 0 saturated carbocycles. The molecule has 0 fully saturated rings. The van der Waals surface area contributed by atoms with Gasteiger partial charge in [-0.3, -0.25) is 4.99 Å². The minimum atomic E-state index is 0.974. The topological polar surface area (TPSA) is 17.3 Å². The first-order valence-corrected chi connectivity index (χ1v) is 7.09. The molecule has 2 heteroatoms. The summed E-state index contributed by atoms with van der Waals surface area (Å²) in [6.07, 6.45) is 1.94. The molecule has 1 aromatic heterocycles. The Hall–Kier alpha value is -2.61. The van der Waals surface area contributed by atoms with Crippen LogP contribution in [0.2, 0.25) is 0 Å². The number of nitrogens with zero attached hydrogens (tertiary/aromatic N) is 2. The Morgan fingerprint density at radius 1 is 0.857 bits per heavy atom. The van der Waals surface area contributed by atoms with Gasteiger partial charge in [0.25, 0.3) is 0 Å². The van der Waals surface area contributed by atoms with E-state index in [4.69, 9.17) is 0 Å². The summed E-state index contributed by atoms with van der Waals surface area (Å²) >= 11 is 0. The lowest BCUT2D eigenvalue weighted by molar-refractivity contribution is 0.965. The van der Waals surface area contributed by atoms with E-state index in [2.05, 4.69) is 53.7 Å². The normalized spacial score (nSPS) is 11.1. The van der Waals surface area contributed by atoms with Crippen molar-refractivity contribution in [2.75, 3.05) is 0 Å². The van der Waals surface area contributed by atoms with Gasteiger partial charge in [0.15, 0.2) is 0 Å². The van der Waals surface area contributed by atoms with Gasteiger partial charge in [-0.2, -0.15) is 0 Å². The first-order chi connectivity index (χ1) is 10.3. The second-order valence-corrected chi connectivity index (χ2v) is 5.09. The monoisotopic (exact) mass is 274 g/mol. The lowest BCUT2D eigenvalue weighted by atomic mass is 10.2. The van der Waals surface area contributed by atoms with Crippen LogP contribution in [0, 0.1) is 13.8 Å². The molecule has 2 aromatic carbocycles. The smallest absolute Gasteiger partial charge is 0.0629 e. The zero-order chi connectivity index (χ0) is 14.7. The van der Waals surface area contributed by atoms with Crippen LogP contribution >= 0.6 is 0 Å². The van der Waals surface area contributed by atoms with Crippen molar-refractivity contribution in [2.24, 2.45) is 4.99 Å². The van der Waals surface area contributed by atoms with Gasteiger partial charge in [-0.1, -0.05) is 36.4 Å². The summed E-state index contributed by atoms with van der Waals surface area (Å²) < 4.78 is 2.26. The highest BCUT2D eigenvalue weighted by Crippen LogP contribution is 2.20. The van der Waals surface area contributed by atoms with E-state index in [-0.39, 0.29) is 0 Å². The van der Waals surface area contributed by atoms with E-state index in [0.29, 0.717) is 0 Å². The summed E-state index contributed by atoms with van der Waals surface area (Å²) in [4.78, 5) is 4.55. The van der Waals surface area contributed by atoms with E-state index in [1.807, 2.05) is 42.6 Å². The number of aliphatic imine (C=N–C) groups is 1. The Kier molecular flexibility index (Phi) is 3.69. The summed E-state index contributed by atoms with van der Waals surface area (Å²) in [5.74, 6) is 0. The number of para-hydroxylation sites is 2. The minimum absolute atomic E-state index is 0.974. The van der Waals surface area contributed by atoms with Crippen LogP contribution in [-0.4, -0.2) is 10.8 Å². The predicted molar refractivity (Wildman–Crippen MR) is 88.9 cm³/mol. The summed E-state index contributed by atoms with van der Waals surface area (Å²) in [5.41, 5.74) is 5.74. The molecule has 104 valence electrons. The first kappa shape index (κ1) is 13.4. The fraction of sp³-hybridized carbons (Fsp3) is 0.105. The zero-order valence-corrected chi connectivity index (χ0v) is 12.3. The largest absolute Gasteiger partial charge is 0.318 e. The summed E-state index contributed by atoms with van der Waals surface area (Å²) in [5, 5.41) is 0. The van der Waals surface area contributed by atoms with Crippen LogP contribution in [0.25, 0.3) is 5.69 Å². The van der Waals surface area contributed by atoms with E-state index in [0.717, 1.165) is 11.3 Å². The van der Waals surface area contributed by atoms with Crippen LogP contribution < -0.4 is 0 Å². The molecule has 0 unspecified atom stereocenters. The number of aryl methyl sites for hydroxylation is 1.